The fourth-order valence-electron chi connectivity index (χ4n) is 3.34. The first-order valence-electron chi connectivity index (χ1n) is 10.0. The molecule has 0 fully saturated rings. The van der Waals surface area contributed by atoms with Crippen LogP contribution in [0.5, 0.6) is 5.75 Å². The van der Waals surface area contributed by atoms with Crippen molar-refractivity contribution in [3.8, 4) is 17.1 Å². The molecule has 0 aliphatic rings. The van der Waals surface area contributed by atoms with Gasteiger partial charge in [0.2, 0.25) is 0 Å². The number of benzene rings is 2. The summed E-state index contributed by atoms with van der Waals surface area (Å²) in [6.45, 7) is 4.73. The smallest absolute Gasteiger partial charge is 0.254 e. The molecule has 2 aromatic heterocycles. The van der Waals surface area contributed by atoms with Gasteiger partial charge in [-0.1, -0.05) is 23.4 Å². The first kappa shape index (κ1) is 20.5. The molecule has 4 aromatic rings. The third kappa shape index (κ3) is 4.69. The maximum Gasteiger partial charge on any atom is 0.254 e. The van der Waals surface area contributed by atoms with Gasteiger partial charge in [-0.2, -0.15) is 0 Å². The van der Waals surface area contributed by atoms with Crippen LogP contribution in [0, 0.1) is 13.8 Å². The number of ether oxygens (including phenoxy) is 1. The summed E-state index contributed by atoms with van der Waals surface area (Å²) in [5, 5.41) is 4.20. The Labute approximate surface area is 181 Å². The molecule has 0 aliphatic carbocycles. The van der Waals surface area contributed by atoms with E-state index in [9.17, 15) is 4.79 Å². The van der Waals surface area contributed by atoms with Crippen LogP contribution in [0.1, 0.15) is 32.9 Å². The molecule has 0 bridgehead atoms. The van der Waals surface area contributed by atoms with E-state index in [4.69, 9.17) is 13.7 Å². The van der Waals surface area contributed by atoms with Crippen molar-refractivity contribution in [2.24, 2.45) is 0 Å². The van der Waals surface area contributed by atoms with Crippen molar-refractivity contribution in [3.63, 3.8) is 0 Å². The molecular formula is C25H24N2O4. The number of furan rings is 1. The molecule has 6 nitrogen and oxygen atoms in total. The second-order valence-electron chi connectivity index (χ2n) is 7.45. The van der Waals surface area contributed by atoms with Crippen LogP contribution in [0.25, 0.3) is 11.3 Å². The number of carbonyl (C=O) groups excluding carboxylic acids is 1. The average Bonchev–Trinajstić information content (AvgIpc) is 3.47. The van der Waals surface area contributed by atoms with Crippen LogP contribution < -0.4 is 4.74 Å². The maximum atomic E-state index is 13.3. The van der Waals surface area contributed by atoms with Gasteiger partial charge >= 0.3 is 0 Å². The molecule has 4 rings (SSSR count). The second-order valence-corrected chi connectivity index (χ2v) is 7.45. The summed E-state index contributed by atoms with van der Waals surface area (Å²) in [6.07, 6.45) is 1.59. The van der Waals surface area contributed by atoms with Gasteiger partial charge in [-0.05, 0) is 61.4 Å². The van der Waals surface area contributed by atoms with Crippen LogP contribution in [0.2, 0.25) is 0 Å². The predicted octanol–water partition coefficient (Wildman–Crippen LogP) is 5.40. The van der Waals surface area contributed by atoms with E-state index in [0.717, 1.165) is 5.56 Å². The molecule has 0 saturated heterocycles. The Hall–Kier alpha value is -3.80. The lowest BCUT2D eigenvalue weighted by Gasteiger charge is -2.21. The minimum absolute atomic E-state index is 0.147. The molecule has 0 saturated carbocycles. The van der Waals surface area contributed by atoms with Crippen LogP contribution in [0.4, 0.5) is 0 Å². The van der Waals surface area contributed by atoms with Crippen LogP contribution in [0.3, 0.4) is 0 Å². The van der Waals surface area contributed by atoms with Gasteiger partial charge in [0.25, 0.3) is 5.91 Å². The summed E-state index contributed by atoms with van der Waals surface area (Å²) in [4.78, 5) is 14.9. The molecule has 158 valence electrons. The van der Waals surface area contributed by atoms with Crippen LogP contribution in [0.15, 0.2) is 75.9 Å². The first-order chi connectivity index (χ1) is 15.0. The van der Waals surface area contributed by atoms with E-state index in [-0.39, 0.29) is 12.5 Å². The summed E-state index contributed by atoms with van der Waals surface area (Å²) < 4.78 is 16.3. The Morgan fingerprint density at radius 3 is 2.61 bits per heavy atom. The molecule has 0 unspecified atom stereocenters. The molecule has 0 atom stereocenters. The van der Waals surface area contributed by atoms with E-state index in [1.165, 1.54) is 11.1 Å². The van der Waals surface area contributed by atoms with Crippen molar-refractivity contribution in [1.29, 1.82) is 0 Å². The number of hydrogen-bond acceptors (Lipinski definition) is 5. The zero-order valence-corrected chi connectivity index (χ0v) is 17.8. The van der Waals surface area contributed by atoms with Gasteiger partial charge in [0.1, 0.15) is 17.2 Å². The molecule has 2 aromatic carbocycles. The Morgan fingerprint density at radius 2 is 1.87 bits per heavy atom. The summed E-state index contributed by atoms with van der Waals surface area (Å²) in [5.41, 5.74) is 4.55. The maximum absolute atomic E-state index is 13.3. The molecule has 0 spiro atoms. The van der Waals surface area contributed by atoms with Crippen molar-refractivity contribution in [2.45, 2.75) is 26.9 Å². The van der Waals surface area contributed by atoms with Gasteiger partial charge in [0.15, 0.2) is 5.76 Å². The lowest BCUT2D eigenvalue weighted by Crippen LogP contribution is -2.30. The minimum atomic E-state index is -0.147. The number of amides is 1. The summed E-state index contributed by atoms with van der Waals surface area (Å²) in [6, 6.07) is 18.7. The minimum Gasteiger partial charge on any atom is -0.497 e. The van der Waals surface area contributed by atoms with E-state index in [1.54, 1.807) is 48.6 Å². The van der Waals surface area contributed by atoms with E-state index in [2.05, 4.69) is 31.1 Å². The van der Waals surface area contributed by atoms with E-state index < -0.39 is 0 Å². The summed E-state index contributed by atoms with van der Waals surface area (Å²) >= 11 is 0. The van der Waals surface area contributed by atoms with Gasteiger partial charge in [-0.25, -0.2) is 0 Å². The molecule has 1 amide bonds. The second kappa shape index (κ2) is 8.92. The molecule has 2 heterocycles. The van der Waals surface area contributed by atoms with Gasteiger partial charge in [-0.3, -0.25) is 4.79 Å². The van der Waals surface area contributed by atoms with Crippen molar-refractivity contribution in [1.82, 2.24) is 10.1 Å². The Kier molecular flexibility index (Phi) is 5.89. The summed E-state index contributed by atoms with van der Waals surface area (Å²) in [7, 11) is 1.58. The standard InChI is InChI=1S/C25H24N2O4/c1-17-9-10-19(12-18(17)2)24-14-21(26-31-24)15-27(16-23-8-5-11-30-23)25(28)20-6-4-7-22(13-20)29-3/h4-14H,15-16H2,1-3H3. The fraction of sp³-hybridized carbons (Fsp3) is 0.200. The van der Waals surface area contributed by atoms with Crippen molar-refractivity contribution >= 4 is 5.91 Å². The van der Waals surface area contributed by atoms with Gasteiger partial charge < -0.3 is 18.6 Å². The molecule has 6 heteroatoms. The monoisotopic (exact) mass is 416 g/mol. The number of carbonyl (C=O) groups is 1. The normalized spacial score (nSPS) is 10.8. The third-order valence-electron chi connectivity index (χ3n) is 5.23. The van der Waals surface area contributed by atoms with Crippen LogP contribution in [-0.2, 0) is 13.1 Å². The zero-order valence-electron chi connectivity index (χ0n) is 17.8. The highest BCUT2D eigenvalue weighted by Gasteiger charge is 2.20. The van der Waals surface area contributed by atoms with Gasteiger partial charge in [0.05, 0.1) is 26.5 Å². The number of hydrogen-bond donors (Lipinski definition) is 0. The van der Waals surface area contributed by atoms with E-state index >= 15 is 0 Å². The Balaban J connectivity index is 1.59. The van der Waals surface area contributed by atoms with E-state index in [0.29, 0.717) is 35.1 Å². The van der Waals surface area contributed by atoms with E-state index in [1.807, 2.05) is 18.2 Å². The lowest BCUT2D eigenvalue weighted by molar-refractivity contribution is 0.0713. The quantitative estimate of drug-likeness (QED) is 0.403. The largest absolute Gasteiger partial charge is 0.497 e. The topological polar surface area (TPSA) is 68.7 Å². The van der Waals surface area contributed by atoms with Crippen molar-refractivity contribution < 1.29 is 18.5 Å². The number of aromatic nitrogens is 1. The lowest BCUT2D eigenvalue weighted by atomic mass is 10.0. The third-order valence-corrected chi connectivity index (χ3v) is 5.23. The average molecular weight is 416 g/mol. The van der Waals surface area contributed by atoms with Crippen LogP contribution in [-0.4, -0.2) is 23.1 Å². The number of aryl methyl sites for hydroxylation is 2. The number of rotatable bonds is 7. The Morgan fingerprint density at radius 1 is 1.00 bits per heavy atom. The van der Waals surface area contributed by atoms with Crippen molar-refractivity contribution in [3.05, 3.63) is 95.1 Å². The highest BCUT2D eigenvalue weighted by atomic mass is 16.5. The predicted molar refractivity (Wildman–Crippen MR) is 117 cm³/mol. The molecule has 0 aliphatic heterocycles. The van der Waals surface area contributed by atoms with Gasteiger partial charge in [-0.15, -0.1) is 0 Å². The van der Waals surface area contributed by atoms with Crippen molar-refractivity contribution in [2.75, 3.05) is 7.11 Å². The molecule has 0 radical (unpaired) electrons. The van der Waals surface area contributed by atoms with Crippen LogP contribution >= 0.6 is 0 Å². The molecular weight excluding hydrogens is 392 g/mol. The van der Waals surface area contributed by atoms with Gasteiger partial charge in [0, 0.05) is 17.2 Å². The Bertz CT molecular complexity index is 1180. The zero-order chi connectivity index (χ0) is 21.8. The number of nitrogens with zero attached hydrogens (tertiary/aromatic N) is 2. The number of methoxy groups -OCH3 is 1. The highest BCUT2D eigenvalue weighted by molar-refractivity contribution is 5.94. The summed E-state index contributed by atoms with van der Waals surface area (Å²) in [5.74, 6) is 1.84. The fourth-order valence-corrected chi connectivity index (χ4v) is 3.34. The molecule has 31 heavy (non-hydrogen) atoms. The SMILES string of the molecule is COc1cccc(C(=O)N(Cc2cc(-c3ccc(C)c(C)c3)on2)Cc2ccco2)c1. The highest BCUT2D eigenvalue weighted by Crippen LogP contribution is 2.24. The first-order valence-corrected chi connectivity index (χ1v) is 10.0. The molecule has 0 N–H and O–H groups in total.